The Bertz CT molecular complexity index is 408. The van der Waals surface area contributed by atoms with E-state index in [2.05, 4.69) is 5.32 Å². The van der Waals surface area contributed by atoms with Gasteiger partial charge in [0.15, 0.2) is 0 Å². The van der Waals surface area contributed by atoms with Gasteiger partial charge >= 0.3 is 6.09 Å². The topological polar surface area (TPSA) is 61.8 Å². The first-order valence-electron chi connectivity index (χ1n) is 6.54. The maximum absolute atomic E-state index is 11.9. The van der Waals surface area contributed by atoms with Crippen LogP contribution in [0.15, 0.2) is 30.3 Å². The van der Waals surface area contributed by atoms with Gasteiger partial charge in [-0.3, -0.25) is 0 Å². The Hall–Kier alpha value is -1.59. The van der Waals surface area contributed by atoms with Gasteiger partial charge in [0, 0.05) is 19.6 Å². The van der Waals surface area contributed by atoms with Crippen molar-refractivity contribution in [1.29, 1.82) is 0 Å². The SMILES string of the molecule is C[C@H](O)[C@@H]1CN(C(=O)OCc2ccccc2)CCN1. The second-order valence-electron chi connectivity index (χ2n) is 4.79. The van der Waals surface area contributed by atoms with Crippen molar-refractivity contribution in [2.45, 2.75) is 25.7 Å². The Balaban J connectivity index is 1.83. The predicted molar refractivity (Wildman–Crippen MR) is 71.7 cm³/mol. The fourth-order valence-corrected chi connectivity index (χ4v) is 2.08. The molecule has 0 saturated carbocycles. The van der Waals surface area contributed by atoms with E-state index in [9.17, 15) is 9.90 Å². The molecule has 104 valence electrons. The van der Waals surface area contributed by atoms with E-state index in [0.29, 0.717) is 19.6 Å². The molecule has 1 aromatic rings. The minimum Gasteiger partial charge on any atom is -0.445 e. The minimum absolute atomic E-state index is 0.0852. The van der Waals surface area contributed by atoms with Crippen molar-refractivity contribution in [3.8, 4) is 0 Å². The van der Waals surface area contributed by atoms with Crippen molar-refractivity contribution in [1.82, 2.24) is 10.2 Å². The first-order chi connectivity index (χ1) is 9.16. The van der Waals surface area contributed by atoms with Gasteiger partial charge in [0.1, 0.15) is 6.61 Å². The second-order valence-corrected chi connectivity index (χ2v) is 4.79. The zero-order valence-electron chi connectivity index (χ0n) is 11.1. The third kappa shape index (κ3) is 3.94. The lowest BCUT2D eigenvalue weighted by atomic mass is 10.1. The fraction of sp³-hybridized carbons (Fsp3) is 0.500. The first-order valence-corrected chi connectivity index (χ1v) is 6.54. The van der Waals surface area contributed by atoms with Crippen molar-refractivity contribution in [2.24, 2.45) is 0 Å². The van der Waals surface area contributed by atoms with Gasteiger partial charge in [0.2, 0.25) is 0 Å². The van der Waals surface area contributed by atoms with Crippen LogP contribution in [0.1, 0.15) is 12.5 Å². The number of carbonyl (C=O) groups excluding carboxylic acids is 1. The Kier molecular flexibility index (Phi) is 4.76. The lowest BCUT2D eigenvalue weighted by molar-refractivity contribution is 0.0621. The molecule has 0 bridgehead atoms. The summed E-state index contributed by atoms with van der Waals surface area (Å²) in [6.45, 7) is 3.76. The van der Waals surface area contributed by atoms with Crippen LogP contribution in [0.5, 0.6) is 0 Å². The van der Waals surface area contributed by atoms with Crippen LogP contribution < -0.4 is 5.32 Å². The molecule has 0 aromatic heterocycles. The summed E-state index contributed by atoms with van der Waals surface area (Å²) < 4.78 is 5.27. The molecule has 1 aliphatic heterocycles. The smallest absolute Gasteiger partial charge is 0.410 e. The summed E-state index contributed by atoms with van der Waals surface area (Å²) in [5, 5.41) is 12.7. The van der Waals surface area contributed by atoms with Crippen molar-refractivity contribution < 1.29 is 14.6 Å². The van der Waals surface area contributed by atoms with Gasteiger partial charge in [-0.25, -0.2) is 4.79 Å². The molecule has 1 fully saturated rings. The van der Waals surface area contributed by atoms with Gasteiger partial charge in [-0.2, -0.15) is 0 Å². The highest BCUT2D eigenvalue weighted by molar-refractivity contribution is 5.67. The number of nitrogens with zero attached hydrogens (tertiary/aromatic N) is 1. The van der Waals surface area contributed by atoms with Crippen LogP contribution in [0, 0.1) is 0 Å². The molecule has 19 heavy (non-hydrogen) atoms. The van der Waals surface area contributed by atoms with E-state index in [1.54, 1.807) is 11.8 Å². The van der Waals surface area contributed by atoms with Crippen LogP contribution in [-0.2, 0) is 11.3 Å². The van der Waals surface area contributed by atoms with E-state index in [1.807, 2.05) is 30.3 Å². The number of rotatable bonds is 3. The predicted octanol–water partition coefficient (Wildman–Crippen LogP) is 0.978. The number of aliphatic hydroxyl groups is 1. The highest BCUT2D eigenvalue weighted by atomic mass is 16.6. The van der Waals surface area contributed by atoms with Crippen LogP contribution in [0.4, 0.5) is 4.79 Å². The Morgan fingerprint density at radius 3 is 2.95 bits per heavy atom. The molecule has 0 radical (unpaired) electrons. The zero-order valence-corrected chi connectivity index (χ0v) is 11.1. The number of benzene rings is 1. The van der Waals surface area contributed by atoms with Gasteiger partial charge in [0.25, 0.3) is 0 Å². The molecule has 2 atom stereocenters. The summed E-state index contributed by atoms with van der Waals surface area (Å²) >= 11 is 0. The van der Waals surface area contributed by atoms with E-state index in [-0.39, 0.29) is 18.7 Å². The fourth-order valence-electron chi connectivity index (χ4n) is 2.08. The summed E-state index contributed by atoms with van der Waals surface area (Å²) in [5.41, 5.74) is 0.970. The van der Waals surface area contributed by atoms with Crippen LogP contribution in [0.25, 0.3) is 0 Å². The van der Waals surface area contributed by atoms with E-state index >= 15 is 0 Å². The van der Waals surface area contributed by atoms with Crippen molar-refractivity contribution in [3.05, 3.63) is 35.9 Å². The molecule has 5 nitrogen and oxygen atoms in total. The molecule has 1 heterocycles. The molecule has 0 aliphatic carbocycles. The summed E-state index contributed by atoms with van der Waals surface area (Å²) in [6, 6.07) is 9.51. The molecule has 0 unspecified atom stereocenters. The second kappa shape index (κ2) is 6.54. The summed E-state index contributed by atoms with van der Waals surface area (Å²) in [7, 11) is 0. The van der Waals surface area contributed by atoms with Gasteiger partial charge < -0.3 is 20.1 Å². The summed E-state index contributed by atoms with van der Waals surface area (Å²) in [6.07, 6.45) is -0.805. The molecule has 1 saturated heterocycles. The average Bonchev–Trinajstić information content (AvgIpc) is 2.46. The molecule has 0 spiro atoms. The lowest BCUT2D eigenvalue weighted by Gasteiger charge is -2.34. The standard InChI is InChI=1S/C14H20N2O3/c1-11(17)13-9-16(8-7-15-13)14(18)19-10-12-5-3-2-4-6-12/h2-6,11,13,15,17H,7-10H2,1H3/t11-,13-/m0/s1. The number of hydrogen-bond acceptors (Lipinski definition) is 4. The first kappa shape index (κ1) is 13.8. The van der Waals surface area contributed by atoms with Crippen LogP contribution in [-0.4, -0.2) is 47.9 Å². The number of nitrogens with one attached hydrogen (secondary N) is 1. The van der Waals surface area contributed by atoms with E-state index < -0.39 is 6.10 Å². The number of aliphatic hydroxyl groups excluding tert-OH is 1. The normalized spacial score (nSPS) is 20.9. The summed E-state index contributed by atoms with van der Waals surface area (Å²) in [5.74, 6) is 0. The Labute approximate surface area is 113 Å². The third-order valence-corrected chi connectivity index (χ3v) is 3.25. The average molecular weight is 264 g/mol. The van der Waals surface area contributed by atoms with Crippen LogP contribution in [0.3, 0.4) is 0 Å². The molecule has 1 aromatic carbocycles. The number of carbonyl (C=O) groups is 1. The maximum Gasteiger partial charge on any atom is 0.410 e. The molecule has 1 amide bonds. The quantitative estimate of drug-likeness (QED) is 0.854. The third-order valence-electron chi connectivity index (χ3n) is 3.25. The van der Waals surface area contributed by atoms with Gasteiger partial charge in [-0.1, -0.05) is 30.3 Å². The van der Waals surface area contributed by atoms with E-state index in [0.717, 1.165) is 5.56 Å². The molecule has 5 heteroatoms. The monoisotopic (exact) mass is 264 g/mol. The van der Waals surface area contributed by atoms with Crippen LogP contribution in [0.2, 0.25) is 0 Å². The largest absolute Gasteiger partial charge is 0.445 e. The Morgan fingerprint density at radius 2 is 2.26 bits per heavy atom. The van der Waals surface area contributed by atoms with Crippen molar-refractivity contribution >= 4 is 6.09 Å². The van der Waals surface area contributed by atoms with Gasteiger partial charge in [-0.15, -0.1) is 0 Å². The number of amides is 1. The maximum atomic E-state index is 11.9. The van der Waals surface area contributed by atoms with E-state index in [4.69, 9.17) is 4.74 Å². The molecule has 2 N–H and O–H groups in total. The number of piperazine rings is 1. The van der Waals surface area contributed by atoms with Crippen LogP contribution >= 0.6 is 0 Å². The Morgan fingerprint density at radius 1 is 1.53 bits per heavy atom. The summed E-state index contributed by atoms with van der Waals surface area (Å²) in [4.78, 5) is 13.6. The molecular formula is C14H20N2O3. The minimum atomic E-state index is -0.482. The molecule has 2 rings (SSSR count). The van der Waals surface area contributed by atoms with Gasteiger partial charge in [0.05, 0.1) is 12.1 Å². The van der Waals surface area contributed by atoms with Crippen molar-refractivity contribution in [2.75, 3.05) is 19.6 Å². The number of ether oxygens (including phenoxy) is 1. The highest BCUT2D eigenvalue weighted by Crippen LogP contribution is 2.07. The zero-order chi connectivity index (χ0) is 13.7. The highest BCUT2D eigenvalue weighted by Gasteiger charge is 2.26. The number of hydrogen-bond donors (Lipinski definition) is 2. The van der Waals surface area contributed by atoms with Crippen molar-refractivity contribution in [3.63, 3.8) is 0 Å². The lowest BCUT2D eigenvalue weighted by Crippen LogP contribution is -2.56. The van der Waals surface area contributed by atoms with Gasteiger partial charge in [-0.05, 0) is 12.5 Å². The molecular weight excluding hydrogens is 244 g/mol. The molecule has 1 aliphatic rings. The van der Waals surface area contributed by atoms with E-state index in [1.165, 1.54) is 0 Å².